The summed E-state index contributed by atoms with van der Waals surface area (Å²) in [6.07, 6.45) is 1.83. The maximum absolute atomic E-state index is 12.0. The lowest BCUT2D eigenvalue weighted by Gasteiger charge is -2.28. The molecule has 0 saturated carbocycles. The second kappa shape index (κ2) is 11.0. The number of rotatable bonds is 8. The summed E-state index contributed by atoms with van der Waals surface area (Å²) in [5.74, 6) is 1.20. The van der Waals surface area contributed by atoms with Crippen molar-refractivity contribution in [3.63, 3.8) is 0 Å². The Morgan fingerprint density at radius 2 is 1.77 bits per heavy atom. The Kier molecular flexibility index (Phi) is 7.44. The summed E-state index contributed by atoms with van der Waals surface area (Å²) in [6.45, 7) is 7.90. The van der Waals surface area contributed by atoms with Crippen molar-refractivity contribution in [1.82, 2.24) is 14.9 Å². The van der Waals surface area contributed by atoms with Gasteiger partial charge in [-0.2, -0.15) is 0 Å². The first-order valence-corrected chi connectivity index (χ1v) is 13.4. The minimum atomic E-state index is -0.383. The SMILES string of the molecule is COc1ccc(-n2c(C)cc(C3C(c4ccccn4)NC(=S)N3c3ccc(OC(C)C)cc3)c2C)c([N+](=O)[O-])c1. The molecule has 0 aliphatic carbocycles. The van der Waals surface area contributed by atoms with E-state index in [0.717, 1.165) is 34.1 Å². The summed E-state index contributed by atoms with van der Waals surface area (Å²) in [7, 11) is 1.49. The summed E-state index contributed by atoms with van der Waals surface area (Å²) in [4.78, 5) is 18.4. The van der Waals surface area contributed by atoms with E-state index in [1.165, 1.54) is 13.2 Å². The second-order valence-corrected chi connectivity index (χ2v) is 10.3. The van der Waals surface area contributed by atoms with E-state index in [0.29, 0.717) is 16.5 Å². The van der Waals surface area contributed by atoms with Crippen molar-refractivity contribution in [2.45, 2.75) is 45.9 Å². The van der Waals surface area contributed by atoms with Crippen LogP contribution in [0.2, 0.25) is 0 Å². The molecule has 40 heavy (non-hydrogen) atoms. The van der Waals surface area contributed by atoms with Gasteiger partial charge in [-0.25, -0.2) is 0 Å². The maximum Gasteiger partial charge on any atom is 0.296 e. The molecule has 0 spiro atoms. The normalized spacial score (nSPS) is 16.8. The number of aryl methyl sites for hydroxylation is 1. The molecule has 206 valence electrons. The van der Waals surface area contributed by atoms with E-state index < -0.39 is 0 Å². The van der Waals surface area contributed by atoms with Crippen molar-refractivity contribution in [1.29, 1.82) is 0 Å². The number of nitro benzene ring substituents is 1. The van der Waals surface area contributed by atoms with Crippen LogP contribution in [0.4, 0.5) is 11.4 Å². The number of methoxy groups -OCH3 is 1. The predicted octanol–water partition coefficient (Wildman–Crippen LogP) is 6.37. The van der Waals surface area contributed by atoms with Crippen LogP contribution in [-0.4, -0.2) is 32.8 Å². The molecule has 5 rings (SSSR count). The number of pyridine rings is 1. The summed E-state index contributed by atoms with van der Waals surface area (Å²) in [6, 6.07) is 20.1. The van der Waals surface area contributed by atoms with Gasteiger partial charge in [-0.15, -0.1) is 0 Å². The number of hydrogen-bond donors (Lipinski definition) is 1. The first-order chi connectivity index (χ1) is 19.2. The molecule has 2 unspecified atom stereocenters. The molecule has 2 atom stereocenters. The monoisotopic (exact) mass is 557 g/mol. The van der Waals surface area contributed by atoms with E-state index in [1.54, 1.807) is 18.3 Å². The van der Waals surface area contributed by atoms with Gasteiger partial charge in [-0.3, -0.25) is 15.1 Å². The molecule has 4 aromatic rings. The zero-order valence-electron chi connectivity index (χ0n) is 23.0. The minimum Gasteiger partial charge on any atom is -0.496 e. The lowest BCUT2D eigenvalue weighted by molar-refractivity contribution is -0.384. The Bertz CT molecular complexity index is 1550. The standard InChI is InChI=1S/C30H31N5O4S/c1-18(2)39-22-11-9-21(10-12-22)34-29(28(32-30(34)40)25-8-6-7-15-31-25)24-16-19(3)33(20(24)4)26-14-13-23(38-5)17-27(26)35(36)37/h6-18,28-29H,1-5H3,(H,32,40). The molecule has 10 heteroatoms. The van der Waals surface area contributed by atoms with E-state index in [4.69, 9.17) is 21.7 Å². The lowest BCUT2D eigenvalue weighted by Crippen LogP contribution is -2.29. The van der Waals surface area contributed by atoms with Crippen molar-refractivity contribution in [3.05, 3.63) is 106 Å². The van der Waals surface area contributed by atoms with Gasteiger partial charge in [0.2, 0.25) is 0 Å². The van der Waals surface area contributed by atoms with Crippen molar-refractivity contribution < 1.29 is 14.4 Å². The molecule has 0 amide bonds. The number of nitrogens with one attached hydrogen (secondary N) is 1. The summed E-state index contributed by atoms with van der Waals surface area (Å²) in [5.41, 5.74) is 4.89. The van der Waals surface area contributed by atoms with Crippen molar-refractivity contribution in [2.75, 3.05) is 12.0 Å². The topological polar surface area (TPSA) is 94.7 Å². The third-order valence-corrected chi connectivity index (χ3v) is 7.31. The molecule has 1 fully saturated rings. The number of ether oxygens (including phenoxy) is 2. The predicted molar refractivity (Wildman–Crippen MR) is 159 cm³/mol. The second-order valence-electron chi connectivity index (χ2n) is 9.93. The van der Waals surface area contributed by atoms with Crippen LogP contribution >= 0.6 is 12.2 Å². The molecule has 0 bridgehead atoms. The first-order valence-electron chi connectivity index (χ1n) is 13.0. The Morgan fingerprint density at radius 1 is 1.05 bits per heavy atom. The molecule has 1 N–H and O–H groups in total. The Hall–Kier alpha value is -4.44. The summed E-state index contributed by atoms with van der Waals surface area (Å²) < 4.78 is 13.0. The van der Waals surface area contributed by atoms with Crippen molar-refractivity contribution in [2.24, 2.45) is 0 Å². The summed E-state index contributed by atoms with van der Waals surface area (Å²) in [5, 5.41) is 16.1. The van der Waals surface area contributed by atoms with Crippen LogP contribution in [0, 0.1) is 24.0 Å². The van der Waals surface area contributed by atoms with Gasteiger partial charge in [0.1, 0.15) is 17.2 Å². The number of nitrogens with zero attached hydrogens (tertiary/aromatic N) is 4. The van der Waals surface area contributed by atoms with Crippen LogP contribution in [0.5, 0.6) is 11.5 Å². The molecule has 3 heterocycles. The average Bonchev–Trinajstić information content (AvgIpc) is 3.43. The zero-order valence-corrected chi connectivity index (χ0v) is 23.8. The fraction of sp³-hybridized carbons (Fsp3) is 0.267. The van der Waals surface area contributed by atoms with Crippen molar-refractivity contribution in [3.8, 4) is 17.2 Å². The molecule has 2 aromatic heterocycles. The third-order valence-electron chi connectivity index (χ3n) is 6.99. The van der Waals surface area contributed by atoms with E-state index >= 15 is 0 Å². The fourth-order valence-corrected chi connectivity index (χ4v) is 5.68. The van der Waals surface area contributed by atoms with Gasteiger partial charge in [0.25, 0.3) is 5.69 Å². The van der Waals surface area contributed by atoms with Gasteiger partial charge in [0, 0.05) is 23.3 Å². The highest BCUT2D eigenvalue weighted by atomic mass is 32.1. The van der Waals surface area contributed by atoms with Gasteiger partial charge >= 0.3 is 0 Å². The van der Waals surface area contributed by atoms with Crippen LogP contribution in [0.15, 0.2) is 72.9 Å². The minimum absolute atomic E-state index is 0.0355. The van der Waals surface area contributed by atoms with Gasteiger partial charge in [0.15, 0.2) is 5.11 Å². The fourth-order valence-electron chi connectivity index (χ4n) is 5.33. The van der Waals surface area contributed by atoms with Crippen LogP contribution in [-0.2, 0) is 0 Å². The number of aromatic nitrogens is 2. The Balaban J connectivity index is 1.65. The van der Waals surface area contributed by atoms with Crippen molar-refractivity contribution >= 4 is 28.7 Å². The smallest absolute Gasteiger partial charge is 0.296 e. The third kappa shape index (κ3) is 4.98. The number of anilines is 1. The largest absolute Gasteiger partial charge is 0.496 e. The number of thiocarbonyl (C=S) groups is 1. The Morgan fingerprint density at radius 3 is 2.40 bits per heavy atom. The van der Waals surface area contributed by atoms with Gasteiger partial charge < -0.3 is 24.3 Å². The number of nitro groups is 1. The summed E-state index contributed by atoms with van der Waals surface area (Å²) >= 11 is 5.88. The van der Waals surface area contributed by atoms with Crippen LogP contribution in [0.3, 0.4) is 0 Å². The zero-order chi connectivity index (χ0) is 28.6. The Labute approximate surface area is 238 Å². The van der Waals surface area contributed by atoms with Crippen LogP contribution in [0.25, 0.3) is 5.69 Å². The van der Waals surface area contributed by atoms with Gasteiger partial charge in [0.05, 0.1) is 42.0 Å². The highest BCUT2D eigenvalue weighted by Gasteiger charge is 2.42. The maximum atomic E-state index is 12.0. The van der Waals surface area contributed by atoms with E-state index in [1.807, 2.05) is 74.7 Å². The highest BCUT2D eigenvalue weighted by Crippen LogP contribution is 2.44. The van der Waals surface area contributed by atoms with Crippen LogP contribution in [0.1, 0.15) is 48.6 Å². The molecule has 1 saturated heterocycles. The molecule has 2 aromatic carbocycles. The van der Waals surface area contributed by atoms with Gasteiger partial charge in [-0.1, -0.05) is 6.07 Å². The molecular formula is C30H31N5O4S. The van der Waals surface area contributed by atoms with E-state index in [9.17, 15) is 10.1 Å². The lowest BCUT2D eigenvalue weighted by atomic mass is 9.96. The quantitative estimate of drug-likeness (QED) is 0.152. The van der Waals surface area contributed by atoms with Crippen LogP contribution < -0.4 is 19.7 Å². The van der Waals surface area contributed by atoms with E-state index in [-0.39, 0.29) is 28.8 Å². The molecule has 0 radical (unpaired) electrons. The highest BCUT2D eigenvalue weighted by molar-refractivity contribution is 7.80. The molecular weight excluding hydrogens is 526 g/mol. The molecule has 9 nitrogen and oxygen atoms in total. The van der Waals surface area contributed by atoms with E-state index in [2.05, 4.69) is 21.3 Å². The number of hydrogen-bond acceptors (Lipinski definition) is 6. The molecule has 1 aliphatic heterocycles. The van der Waals surface area contributed by atoms with Gasteiger partial charge in [-0.05, 0) is 100 Å². The number of benzene rings is 2. The average molecular weight is 558 g/mol. The molecule has 1 aliphatic rings. The first kappa shape index (κ1) is 27.1.